The summed E-state index contributed by atoms with van der Waals surface area (Å²) in [5.74, 6) is 0. The summed E-state index contributed by atoms with van der Waals surface area (Å²) in [6, 6.07) is 15.6. The maximum atomic E-state index is 12.4. The first-order valence-electron chi connectivity index (χ1n) is 11.1. The molecular formula is C26H31N2O3PS. The molecular weight excluding hydrogens is 451 g/mol. The molecule has 1 heterocycles. The summed E-state index contributed by atoms with van der Waals surface area (Å²) >= 11 is 0. The van der Waals surface area contributed by atoms with Crippen molar-refractivity contribution in [2.75, 3.05) is 22.4 Å². The standard InChI is InChI=1S/C26H31N2O3PS/c1-17-13-19(3)25(20(4)14-17)27-11-12-28(26-21(5)15-18(2)16-22(26)6)32(27)23-9-7-8-10-24(23)33(29,30)31/h7-10,13-16H,11-12H2,1-6H3,(H,29,30,31). The predicted octanol–water partition coefficient (Wildman–Crippen LogP) is 5.75. The topological polar surface area (TPSA) is 60.9 Å². The smallest absolute Gasteiger partial charge is 0.295 e. The van der Waals surface area contributed by atoms with E-state index in [1.807, 2.05) is 12.1 Å². The van der Waals surface area contributed by atoms with Gasteiger partial charge in [0.2, 0.25) is 0 Å². The second kappa shape index (κ2) is 8.75. The Morgan fingerprint density at radius 1 is 0.727 bits per heavy atom. The first kappa shape index (κ1) is 23.7. The Morgan fingerprint density at radius 3 is 1.52 bits per heavy atom. The Kier molecular flexibility index (Phi) is 6.30. The molecule has 0 spiro atoms. The summed E-state index contributed by atoms with van der Waals surface area (Å²) in [7, 11) is -5.63. The molecule has 0 bridgehead atoms. The Bertz CT molecular complexity index is 1230. The molecule has 1 saturated heterocycles. The van der Waals surface area contributed by atoms with E-state index in [9.17, 15) is 13.0 Å². The molecule has 0 amide bonds. The van der Waals surface area contributed by atoms with Gasteiger partial charge < -0.3 is 9.34 Å². The maximum absolute atomic E-state index is 12.4. The minimum atomic E-state index is -4.37. The van der Waals surface area contributed by atoms with Crippen molar-refractivity contribution in [1.29, 1.82) is 0 Å². The third kappa shape index (κ3) is 4.40. The van der Waals surface area contributed by atoms with E-state index >= 15 is 0 Å². The number of nitrogens with zero attached hydrogens (tertiary/aromatic N) is 2. The van der Waals surface area contributed by atoms with Crippen LogP contribution in [0.4, 0.5) is 11.4 Å². The van der Waals surface area contributed by atoms with Gasteiger partial charge in [-0.2, -0.15) is 8.42 Å². The molecule has 0 radical (unpaired) electrons. The van der Waals surface area contributed by atoms with Crippen LogP contribution in [0.3, 0.4) is 0 Å². The number of aryl methyl sites for hydroxylation is 6. The highest BCUT2D eigenvalue weighted by Crippen LogP contribution is 2.55. The predicted molar refractivity (Wildman–Crippen MR) is 139 cm³/mol. The number of benzene rings is 3. The third-order valence-electron chi connectivity index (χ3n) is 6.13. The average molecular weight is 483 g/mol. The Morgan fingerprint density at radius 2 is 1.12 bits per heavy atom. The van der Waals surface area contributed by atoms with Gasteiger partial charge in [0, 0.05) is 29.8 Å². The monoisotopic (exact) mass is 482 g/mol. The van der Waals surface area contributed by atoms with Crippen molar-refractivity contribution in [3.63, 3.8) is 0 Å². The highest BCUT2D eigenvalue weighted by Gasteiger charge is 2.39. The summed E-state index contributed by atoms with van der Waals surface area (Å²) < 4.78 is 39.5. The minimum Gasteiger partial charge on any atom is -0.328 e. The van der Waals surface area contributed by atoms with Gasteiger partial charge in [-0.15, -0.1) is 0 Å². The van der Waals surface area contributed by atoms with Crippen molar-refractivity contribution in [3.8, 4) is 0 Å². The molecule has 1 aliphatic rings. The Labute approximate surface area is 198 Å². The van der Waals surface area contributed by atoms with E-state index in [0.717, 1.165) is 24.5 Å². The van der Waals surface area contributed by atoms with Crippen LogP contribution in [0.2, 0.25) is 0 Å². The molecule has 4 rings (SSSR count). The summed E-state index contributed by atoms with van der Waals surface area (Å²) in [4.78, 5) is -0.0159. The van der Waals surface area contributed by atoms with Gasteiger partial charge in [-0.1, -0.05) is 47.5 Å². The van der Waals surface area contributed by atoms with Crippen molar-refractivity contribution in [2.45, 2.75) is 46.4 Å². The van der Waals surface area contributed by atoms with Crippen LogP contribution >= 0.6 is 8.22 Å². The van der Waals surface area contributed by atoms with Gasteiger partial charge in [-0.3, -0.25) is 4.55 Å². The van der Waals surface area contributed by atoms with Gasteiger partial charge in [0.15, 0.2) is 0 Å². The van der Waals surface area contributed by atoms with E-state index in [1.165, 1.54) is 39.4 Å². The van der Waals surface area contributed by atoms with Crippen LogP contribution in [-0.2, 0) is 10.1 Å². The van der Waals surface area contributed by atoms with Gasteiger partial charge >= 0.3 is 0 Å². The molecule has 5 nitrogen and oxygen atoms in total. The second-order valence-corrected chi connectivity index (χ2v) is 12.4. The van der Waals surface area contributed by atoms with Gasteiger partial charge in [-0.25, -0.2) is 0 Å². The molecule has 0 saturated carbocycles. The van der Waals surface area contributed by atoms with Crippen molar-refractivity contribution in [1.82, 2.24) is 0 Å². The van der Waals surface area contributed by atoms with Gasteiger partial charge in [0.25, 0.3) is 10.1 Å². The first-order valence-corrected chi connectivity index (χ1v) is 13.7. The quantitative estimate of drug-likeness (QED) is 0.379. The first-order chi connectivity index (χ1) is 15.5. The zero-order valence-electron chi connectivity index (χ0n) is 20.0. The highest BCUT2D eigenvalue weighted by molar-refractivity contribution is 7.87. The zero-order valence-corrected chi connectivity index (χ0v) is 21.8. The fourth-order valence-electron chi connectivity index (χ4n) is 5.18. The van der Waals surface area contributed by atoms with Crippen LogP contribution in [0.25, 0.3) is 0 Å². The summed E-state index contributed by atoms with van der Waals surface area (Å²) in [6.45, 7) is 14.2. The SMILES string of the molecule is Cc1cc(C)c(N2CCN(c3c(C)cc(C)cc3C)P2c2ccccc2S(=O)(=O)O)c(C)c1. The van der Waals surface area contributed by atoms with Crippen LogP contribution < -0.4 is 14.6 Å². The lowest BCUT2D eigenvalue weighted by Gasteiger charge is -2.36. The van der Waals surface area contributed by atoms with E-state index in [2.05, 4.69) is 75.1 Å². The number of rotatable bonds is 4. The fourth-order valence-corrected chi connectivity index (χ4v) is 9.20. The summed E-state index contributed by atoms with van der Waals surface area (Å²) in [5, 5.41) is 0.645. The van der Waals surface area contributed by atoms with Crippen LogP contribution in [-0.4, -0.2) is 26.1 Å². The molecule has 1 aliphatic heterocycles. The van der Waals surface area contributed by atoms with E-state index in [1.54, 1.807) is 6.07 Å². The van der Waals surface area contributed by atoms with Crippen LogP contribution in [0.5, 0.6) is 0 Å². The highest BCUT2D eigenvalue weighted by atomic mass is 32.2. The van der Waals surface area contributed by atoms with E-state index < -0.39 is 18.3 Å². The normalized spacial score (nSPS) is 14.9. The van der Waals surface area contributed by atoms with Gasteiger partial charge in [-0.05, 0) is 75.9 Å². The molecule has 0 aliphatic carbocycles. The lowest BCUT2D eigenvalue weighted by Crippen LogP contribution is -2.28. The molecule has 3 aromatic carbocycles. The second-order valence-electron chi connectivity index (χ2n) is 8.97. The molecule has 174 valence electrons. The van der Waals surface area contributed by atoms with E-state index in [0.29, 0.717) is 5.30 Å². The molecule has 7 heteroatoms. The van der Waals surface area contributed by atoms with Crippen molar-refractivity contribution >= 4 is 35.0 Å². The molecule has 1 fully saturated rings. The van der Waals surface area contributed by atoms with E-state index in [4.69, 9.17) is 0 Å². The van der Waals surface area contributed by atoms with Crippen molar-refractivity contribution < 1.29 is 13.0 Å². The molecule has 3 aromatic rings. The Balaban J connectivity index is 1.99. The minimum absolute atomic E-state index is 0.0159. The Hall–Kier alpha value is -2.40. The number of anilines is 2. The van der Waals surface area contributed by atoms with Crippen LogP contribution in [0.1, 0.15) is 33.4 Å². The lowest BCUT2D eigenvalue weighted by molar-refractivity contribution is 0.484. The van der Waals surface area contributed by atoms with E-state index in [-0.39, 0.29) is 4.90 Å². The van der Waals surface area contributed by atoms with Crippen LogP contribution in [0.15, 0.2) is 53.4 Å². The average Bonchev–Trinajstić information content (AvgIpc) is 3.09. The zero-order chi connectivity index (χ0) is 24.1. The van der Waals surface area contributed by atoms with Gasteiger partial charge in [0.1, 0.15) is 13.1 Å². The van der Waals surface area contributed by atoms with Crippen molar-refractivity contribution in [2.24, 2.45) is 0 Å². The number of hydrogen-bond acceptors (Lipinski definition) is 4. The van der Waals surface area contributed by atoms with Crippen LogP contribution in [0, 0.1) is 41.5 Å². The third-order valence-corrected chi connectivity index (χ3v) is 9.73. The number of hydrogen-bond donors (Lipinski definition) is 1. The largest absolute Gasteiger partial charge is 0.328 e. The lowest BCUT2D eigenvalue weighted by atomic mass is 10.0. The fraction of sp³-hybridized carbons (Fsp3) is 0.308. The molecule has 1 N–H and O–H groups in total. The summed E-state index contributed by atoms with van der Waals surface area (Å²) in [6.07, 6.45) is 0. The molecule has 0 atom stereocenters. The molecule has 0 aromatic heterocycles. The summed E-state index contributed by atoms with van der Waals surface area (Å²) in [5.41, 5.74) is 9.37. The molecule has 33 heavy (non-hydrogen) atoms. The van der Waals surface area contributed by atoms with Gasteiger partial charge in [0.05, 0.1) is 0 Å². The molecule has 0 unspecified atom stereocenters. The van der Waals surface area contributed by atoms with Crippen molar-refractivity contribution in [3.05, 3.63) is 81.9 Å². The maximum Gasteiger partial charge on any atom is 0.295 e.